The van der Waals surface area contributed by atoms with E-state index in [-0.39, 0.29) is 0 Å². The first-order valence-corrected chi connectivity index (χ1v) is 12.5. The molecular formula is C31H35F3N2. The second-order valence-electron chi connectivity index (χ2n) is 8.86. The average Bonchev–Trinajstić information content (AvgIpc) is 2.85. The highest BCUT2D eigenvalue weighted by Crippen LogP contribution is 2.32. The molecule has 36 heavy (non-hydrogen) atoms. The van der Waals surface area contributed by atoms with Crippen molar-refractivity contribution >= 4 is 5.84 Å². The summed E-state index contributed by atoms with van der Waals surface area (Å²) in [7, 11) is 1.81. The summed E-state index contributed by atoms with van der Waals surface area (Å²) in [6.45, 7) is 2.83. The molecule has 0 atom stereocenters. The fraction of sp³-hybridized carbons (Fsp3) is 0.323. The van der Waals surface area contributed by atoms with Crippen LogP contribution in [0.1, 0.15) is 50.2 Å². The minimum atomic E-state index is -4.35. The predicted molar refractivity (Wildman–Crippen MR) is 145 cm³/mol. The third-order valence-electron chi connectivity index (χ3n) is 6.25. The van der Waals surface area contributed by atoms with E-state index in [1.54, 1.807) is 6.07 Å². The first-order chi connectivity index (χ1) is 17.4. The first kappa shape index (κ1) is 27.3. The predicted octanol–water partition coefficient (Wildman–Crippen LogP) is 8.78. The Morgan fingerprint density at radius 1 is 1.03 bits per heavy atom. The van der Waals surface area contributed by atoms with Crippen LogP contribution in [0.15, 0.2) is 102 Å². The van der Waals surface area contributed by atoms with Crippen LogP contribution < -0.4 is 0 Å². The maximum atomic E-state index is 13.1. The van der Waals surface area contributed by atoms with Gasteiger partial charge in [0.05, 0.1) is 5.56 Å². The molecule has 0 fully saturated rings. The van der Waals surface area contributed by atoms with Crippen LogP contribution in [0, 0.1) is 0 Å². The Bertz CT molecular complexity index is 1120. The molecule has 2 nitrogen and oxygen atoms in total. The molecule has 0 aromatic heterocycles. The number of benzene rings is 2. The molecule has 5 heteroatoms. The smallest absolute Gasteiger partial charge is 0.336 e. The third kappa shape index (κ3) is 8.40. The molecule has 0 amide bonds. The molecule has 0 N–H and O–H groups in total. The van der Waals surface area contributed by atoms with Gasteiger partial charge in [-0.3, -0.25) is 4.99 Å². The number of amidine groups is 1. The van der Waals surface area contributed by atoms with Crippen molar-refractivity contribution in [2.24, 2.45) is 4.99 Å². The molecule has 0 spiro atoms. The van der Waals surface area contributed by atoms with Crippen LogP contribution in [0.3, 0.4) is 0 Å². The number of hydrogen-bond acceptors (Lipinski definition) is 1. The number of nitrogens with zero attached hydrogens (tertiary/aromatic N) is 2. The maximum absolute atomic E-state index is 13.1. The van der Waals surface area contributed by atoms with Gasteiger partial charge in [-0.1, -0.05) is 72.4 Å². The van der Waals surface area contributed by atoms with E-state index in [1.165, 1.54) is 24.1 Å². The van der Waals surface area contributed by atoms with Crippen molar-refractivity contribution in [3.63, 3.8) is 0 Å². The summed E-state index contributed by atoms with van der Waals surface area (Å²) in [5.74, 6) is 0.953. The Kier molecular flexibility index (Phi) is 10.3. The lowest BCUT2D eigenvalue weighted by molar-refractivity contribution is -0.137. The van der Waals surface area contributed by atoms with Gasteiger partial charge in [-0.15, -0.1) is 0 Å². The van der Waals surface area contributed by atoms with Gasteiger partial charge < -0.3 is 4.90 Å². The topological polar surface area (TPSA) is 15.6 Å². The lowest BCUT2D eigenvalue weighted by Crippen LogP contribution is -2.29. The van der Waals surface area contributed by atoms with Crippen molar-refractivity contribution in [2.75, 3.05) is 13.6 Å². The number of allylic oxidation sites excluding steroid dienone is 6. The van der Waals surface area contributed by atoms with Crippen LogP contribution >= 0.6 is 0 Å². The van der Waals surface area contributed by atoms with Crippen LogP contribution in [-0.2, 0) is 12.6 Å². The summed E-state index contributed by atoms with van der Waals surface area (Å²) in [6, 6.07) is 13.1. The molecule has 0 aliphatic heterocycles. The van der Waals surface area contributed by atoms with Crippen LogP contribution in [0.5, 0.6) is 0 Å². The monoisotopic (exact) mass is 492 g/mol. The summed E-state index contributed by atoms with van der Waals surface area (Å²) < 4.78 is 39.3. The van der Waals surface area contributed by atoms with Gasteiger partial charge >= 0.3 is 6.18 Å². The largest absolute Gasteiger partial charge is 0.416 e. The van der Waals surface area contributed by atoms with Crippen molar-refractivity contribution in [1.29, 1.82) is 0 Å². The molecule has 1 aliphatic carbocycles. The van der Waals surface area contributed by atoms with E-state index in [4.69, 9.17) is 0 Å². The molecule has 2 aromatic carbocycles. The minimum Gasteiger partial charge on any atom is -0.336 e. The van der Waals surface area contributed by atoms with Crippen molar-refractivity contribution in [3.8, 4) is 11.1 Å². The highest BCUT2D eigenvalue weighted by molar-refractivity contribution is 5.85. The molecule has 1 aliphatic rings. The molecule has 3 rings (SSSR count). The Morgan fingerprint density at radius 2 is 1.83 bits per heavy atom. The zero-order valence-corrected chi connectivity index (χ0v) is 21.1. The number of hydrogen-bond donors (Lipinski definition) is 0. The van der Waals surface area contributed by atoms with Gasteiger partial charge in [-0.05, 0) is 73.9 Å². The summed E-state index contributed by atoms with van der Waals surface area (Å²) in [5.41, 5.74) is 3.23. The van der Waals surface area contributed by atoms with E-state index >= 15 is 0 Å². The van der Waals surface area contributed by atoms with Gasteiger partial charge in [0.2, 0.25) is 0 Å². The SMILES string of the molecule is C/C=C/C=C/N(CC/C1=C/C/C=C\CCC1)C(Cc1ccc(-c2cccc(C(F)(F)F)c2)cc1)=NC. The maximum Gasteiger partial charge on any atom is 0.416 e. The number of halogens is 3. The van der Waals surface area contributed by atoms with E-state index in [2.05, 4.69) is 34.3 Å². The van der Waals surface area contributed by atoms with Crippen molar-refractivity contribution < 1.29 is 13.2 Å². The fourth-order valence-corrected chi connectivity index (χ4v) is 4.23. The van der Waals surface area contributed by atoms with Crippen LogP contribution in [0.4, 0.5) is 13.2 Å². The minimum absolute atomic E-state index is 0.555. The molecular weight excluding hydrogens is 457 g/mol. The molecule has 2 aromatic rings. The van der Waals surface area contributed by atoms with Gasteiger partial charge in [-0.2, -0.15) is 13.2 Å². The highest BCUT2D eigenvalue weighted by Gasteiger charge is 2.30. The average molecular weight is 493 g/mol. The number of rotatable bonds is 8. The Hall–Kier alpha value is -3.34. The first-order valence-electron chi connectivity index (χ1n) is 12.5. The van der Waals surface area contributed by atoms with Crippen molar-refractivity contribution in [3.05, 3.63) is 108 Å². The molecule has 0 saturated heterocycles. The summed E-state index contributed by atoms with van der Waals surface area (Å²) in [6.07, 6.45) is 16.7. The third-order valence-corrected chi connectivity index (χ3v) is 6.25. The van der Waals surface area contributed by atoms with Crippen LogP contribution in [-0.4, -0.2) is 24.3 Å². The van der Waals surface area contributed by atoms with E-state index < -0.39 is 11.7 Å². The Balaban J connectivity index is 1.73. The fourth-order valence-electron chi connectivity index (χ4n) is 4.23. The Labute approximate surface area is 213 Å². The van der Waals surface area contributed by atoms with Gasteiger partial charge in [0, 0.05) is 26.2 Å². The zero-order chi connectivity index (χ0) is 25.8. The molecule has 0 unspecified atom stereocenters. The lowest BCUT2D eigenvalue weighted by atomic mass is 10.00. The zero-order valence-electron chi connectivity index (χ0n) is 21.1. The van der Waals surface area contributed by atoms with Gasteiger partial charge in [0.25, 0.3) is 0 Å². The molecule has 0 radical (unpaired) electrons. The quantitative estimate of drug-likeness (QED) is 0.156. The normalized spacial score (nSPS) is 17.6. The Morgan fingerprint density at radius 3 is 2.56 bits per heavy atom. The van der Waals surface area contributed by atoms with Crippen molar-refractivity contribution in [2.45, 2.75) is 51.6 Å². The van der Waals surface area contributed by atoms with Gasteiger partial charge in [-0.25, -0.2) is 0 Å². The molecule has 0 saturated carbocycles. The van der Waals surface area contributed by atoms with E-state index in [0.29, 0.717) is 12.0 Å². The number of aliphatic imine (C=N–C) groups is 1. The second kappa shape index (κ2) is 13.7. The summed E-state index contributed by atoms with van der Waals surface area (Å²) in [4.78, 5) is 6.80. The lowest BCUT2D eigenvalue weighted by Gasteiger charge is -2.23. The standard InChI is InChI=1S/C31H35F3N2/c1-3-4-10-21-36(22-20-25-12-8-6-5-7-9-13-25)30(35-2)23-26-16-18-27(19-17-26)28-14-11-15-29(24-28)31(32,33)34/h3-6,10-12,14-19,21,24H,7-9,13,20,22-23H2,1-2H3/b4-3+,6-5-,21-10+,25-12+,35-30?. The highest BCUT2D eigenvalue weighted by atomic mass is 19.4. The van der Waals surface area contributed by atoms with Crippen LogP contribution in [0.25, 0.3) is 11.1 Å². The molecule has 0 bridgehead atoms. The molecule has 190 valence electrons. The van der Waals surface area contributed by atoms with E-state index in [9.17, 15) is 13.2 Å². The summed E-state index contributed by atoms with van der Waals surface area (Å²) in [5, 5.41) is 0. The van der Waals surface area contributed by atoms with Crippen molar-refractivity contribution in [1.82, 2.24) is 4.90 Å². The van der Waals surface area contributed by atoms with Gasteiger partial charge in [0.1, 0.15) is 5.84 Å². The van der Waals surface area contributed by atoms with Crippen LogP contribution in [0.2, 0.25) is 0 Å². The summed E-state index contributed by atoms with van der Waals surface area (Å²) >= 11 is 0. The number of alkyl halides is 3. The van der Waals surface area contributed by atoms with E-state index in [0.717, 1.165) is 55.3 Å². The van der Waals surface area contributed by atoms with E-state index in [1.807, 2.05) is 56.5 Å². The second-order valence-corrected chi connectivity index (χ2v) is 8.86. The molecule has 0 heterocycles. The van der Waals surface area contributed by atoms with Gasteiger partial charge in [0.15, 0.2) is 0 Å².